The Morgan fingerprint density at radius 2 is 1.85 bits per heavy atom. The van der Waals surface area contributed by atoms with Crippen LogP contribution in [-0.2, 0) is 13.0 Å². The molecular weight excluding hydrogens is 303 g/mol. The molecule has 0 aliphatic carbocycles. The second kappa shape index (κ2) is 7.15. The van der Waals surface area contributed by atoms with Gasteiger partial charge >= 0.3 is 5.51 Å². The lowest BCUT2D eigenvalue weighted by Crippen LogP contribution is -2.16. The van der Waals surface area contributed by atoms with Crippen LogP contribution in [0.4, 0.5) is 13.2 Å². The Morgan fingerprint density at radius 3 is 2.45 bits per heavy atom. The van der Waals surface area contributed by atoms with Crippen LogP contribution in [0.5, 0.6) is 0 Å². The average molecular weight is 317 g/mol. The third-order valence-corrected chi connectivity index (χ3v) is 4.29. The molecule has 1 nitrogen and oxygen atoms in total. The summed E-state index contributed by atoms with van der Waals surface area (Å²) in [6.45, 7) is 1.53. The van der Waals surface area contributed by atoms with Crippen molar-refractivity contribution in [3.8, 4) is 0 Å². The van der Waals surface area contributed by atoms with Gasteiger partial charge in [0.2, 0.25) is 0 Å². The summed E-state index contributed by atoms with van der Waals surface area (Å²) in [5, 5.41) is 5.33. The van der Waals surface area contributed by atoms with Crippen LogP contribution in [-0.4, -0.2) is 12.1 Å². The van der Waals surface area contributed by atoms with Gasteiger partial charge in [-0.25, -0.2) is 0 Å². The van der Waals surface area contributed by atoms with E-state index in [9.17, 15) is 13.2 Å². The molecule has 0 aliphatic rings. The van der Waals surface area contributed by atoms with E-state index >= 15 is 0 Å². The summed E-state index contributed by atoms with van der Waals surface area (Å²) in [6, 6.07) is 10.6. The molecule has 0 amide bonds. The first-order valence-corrected chi connectivity index (χ1v) is 7.80. The van der Waals surface area contributed by atoms with Crippen molar-refractivity contribution < 1.29 is 13.2 Å². The van der Waals surface area contributed by atoms with E-state index in [1.54, 1.807) is 23.5 Å². The number of alkyl halides is 3. The first kappa shape index (κ1) is 15.4. The minimum atomic E-state index is -4.22. The molecule has 0 saturated heterocycles. The van der Waals surface area contributed by atoms with Crippen molar-refractivity contribution in [1.82, 2.24) is 5.32 Å². The van der Waals surface area contributed by atoms with Crippen LogP contribution in [0.2, 0.25) is 0 Å². The minimum Gasteiger partial charge on any atom is -0.312 e. The van der Waals surface area contributed by atoms with Crippen molar-refractivity contribution in [3.63, 3.8) is 0 Å². The molecule has 0 saturated carbocycles. The predicted octanol–water partition coefficient (Wildman–Crippen LogP) is 4.69. The number of rotatable bonds is 6. The van der Waals surface area contributed by atoms with Crippen LogP contribution >= 0.6 is 23.1 Å². The number of hydrogen-bond acceptors (Lipinski definition) is 3. The maximum Gasteiger partial charge on any atom is 0.446 e. The monoisotopic (exact) mass is 317 g/mol. The highest BCUT2D eigenvalue weighted by Gasteiger charge is 2.28. The number of halogens is 3. The summed E-state index contributed by atoms with van der Waals surface area (Å²) >= 11 is 1.64. The maximum absolute atomic E-state index is 12.2. The molecule has 0 unspecified atom stereocenters. The van der Waals surface area contributed by atoms with E-state index in [0.717, 1.165) is 18.5 Å². The van der Waals surface area contributed by atoms with Gasteiger partial charge in [-0.3, -0.25) is 0 Å². The average Bonchev–Trinajstić information content (AvgIpc) is 2.88. The Morgan fingerprint density at radius 1 is 1.10 bits per heavy atom. The number of thiophene rings is 1. The van der Waals surface area contributed by atoms with E-state index in [1.165, 1.54) is 17.0 Å². The summed E-state index contributed by atoms with van der Waals surface area (Å²) in [5.41, 5.74) is -3.23. The molecule has 6 heteroatoms. The topological polar surface area (TPSA) is 12.0 Å². The zero-order valence-corrected chi connectivity index (χ0v) is 12.2. The Bertz CT molecular complexity index is 506. The van der Waals surface area contributed by atoms with E-state index < -0.39 is 5.51 Å². The molecule has 2 rings (SSSR count). The van der Waals surface area contributed by atoms with Crippen LogP contribution in [0.25, 0.3) is 0 Å². The van der Waals surface area contributed by atoms with E-state index in [1.807, 2.05) is 11.4 Å². The minimum absolute atomic E-state index is 0.0830. The van der Waals surface area contributed by atoms with Gasteiger partial charge in [-0.2, -0.15) is 13.2 Å². The molecule has 2 aromatic rings. The molecule has 0 aliphatic heterocycles. The summed E-state index contributed by atoms with van der Waals surface area (Å²) in [7, 11) is 0. The van der Waals surface area contributed by atoms with Crippen molar-refractivity contribution in [2.75, 3.05) is 6.54 Å². The number of hydrogen-bond donors (Lipinski definition) is 1. The van der Waals surface area contributed by atoms with Gasteiger partial charge in [-0.15, -0.1) is 11.3 Å². The Hall–Kier alpha value is -0.980. The fourth-order valence-corrected chi connectivity index (χ4v) is 2.96. The third kappa shape index (κ3) is 5.56. The van der Waals surface area contributed by atoms with Gasteiger partial charge < -0.3 is 5.32 Å². The summed E-state index contributed by atoms with van der Waals surface area (Å²) in [4.78, 5) is 1.55. The third-order valence-electron chi connectivity index (χ3n) is 2.61. The molecule has 1 heterocycles. The second-order valence-corrected chi connectivity index (χ2v) is 6.37. The Labute approximate surface area is 124 Å². The van der Waals surface area contributed by atoms with Crippen molar-refractivity contribution >= 4 is 23.1 Å². The fourth-order valence-electron chi connectivity index (χ4n) is 1.71. The zero-order chi connectivity index (χ0) is 14.4. The summed E-state index contributed by atoms with van der Waals surface area (Å²) in [5.74, 6) is 0. The van der Waals surface area contributed by atoms with Crippen LogP contribution in [0.3, 0.4) is 0 Å². The number of benzene rings is 1. The lowest BCUT2D eigenvalue weighted by atomic mass is 10.2. The highest BCUT2D eigenvalue weighted by Crippen LogP contribution is 2.36. The molecule has 1 aromatic heterocycles. The molecular formula is C14H14F3NS2. The predicted molar refractivity (Wildman–Crippen MR) is 78.1 cm³/mol. The maximum atomic E-state index is 12.2. The smallest absolute Gasteiger partial charge is 0.312 e. The van der Waals surface area contributed by atoms with Crippen LogP contribution in [0.15, 0.2) is 46.7 Å². The quantitative estimate of drug-likeness (QED) is 0.612. The molecule has 20 heavy (non-hydrogen) atoms. The Balaban J connectivity index is 1.73. The second-order valence-electron chi connectivity index (χ2n) is 4.20. The highest BCUT2D eigenvalue weighted by atomic mass is 32.2. The van der Waals surface area contributed by atoms with E-state index in [4.69, 9.17) is 0 Å². The van der Waals surface area contributed by atoms with Gasteiger partial charge in [-0.1, -0.05) is 18.2 Å². The van der Waals surface area contributed by atoms with Crippen LogP contribution in [0.1, 0.15) is 10.4 Å². The first-order valence-electron chi connectivity index (χ1n) is 6.11. The molecule has 1 N–H and O–H groups in total. The van der Waals surface area contributed by atoms with Crippen molar-refractivity contribution in [2.24, 2.45) is 0 Å². The van der Waals surface area contributed by atoms with Crippen LogP contribution < -0.4 is 5.32 Å². The first-order chi connectivity index (χ1) is 9.53. The molecule has 108 valence electrons. The standard InChI is InChI=1S/C14H14F3NS2/c15-14(16,17)20-13-5-3-11(4-6-13)10-18-8-7-12-2-1-9-19-12/h1-6,9,18H,7-8,10H2. The largest absolute Gasteiger partial charge is 0.446 e. The summed E-state index contributed by atoms with van der Waals surface area (Å²) in [6.07, 6.45) is 0.972. The molecule has 0 fully saturated rings. The van der Waals surface area contributed by atoms with Gasteiger partial charge in [0.15, 0.2) is 0 Å². The lowest BCUT2D eigenvalue weighted by molar-refractivity contribution is -0.0328. The lowest BCUT2D eigenvalue weighted by Gasteiger charge is -2.07. The Kier molecular flexibility index (Phi) is 5.51. The number of thioether (sulfide) groups is 1. The van der Waals surface area contributed by atoms with E-state index in [-0.39, 0.29) is 16.7 Å². The number of nitrogens with one attached hydrogen (secondary N) is 1. The van der Waals surface area contributed by atoms with E-state index in [0.29, 0.717) is 6.54 Å². The van der Waals surface area contributed by atoms with Gasteiger partial charge in [0.1, 0.15) is 0 Å². The van der Waals surface area contributed by atoms with Crippen molar-refractivity contribution in [1.29, 1.82) is 0 Å². The fraction of sp³-hybridized carbons (Fsp3) is 0.286. The van der Waals surface area contributed by atoms with Gasteiger partial charge in [0, 0.05) is 22.9 Å². The SMILES string of the molecule is FC(F)(F)Sc1ccc(CNCCc2cccs2)cc1. The normalized spacial score (nSPS) is 11.8. The molecule has 0 spiro atoms. The van der Waals surface area contributed by atoms with Gasteiger partial charge in [0.05, 0.1) is 0 Å². The van der Waals surface area contributed by atoms with Crippen LogP contribution in [0, 0.1) is 0 Å². The highest BCUT2D eigenvalue weighted by molar-refractivity contribution is 8.00. The molecule has 0 bridgehead atoms. The molecule has 0 atom stereocenters. The van der Waals surface area contributed by atoms with Crippen molar-refractivity contribution in [2.45, 2.75) is 23.4 Å². The molecule has 0 radical (unpaired) electrons. The van der Waals surface area contributed by atoms with Gasteiger partial charge in [-0.05, 0) is 47.3 Å². The molecule has 1 aromatic carbocycles. The van der Waals surface area contributed by atoms with Crippen molar-refractivity contribution in [3.05, 3.63) is 52.2 Å². The zero-order valence-electron chi connectivity index (χ0n) is 10.6. The summed E-state index contributed by atoms with van der Waals surface area (Å²) < 4.78 is 36.5. The van der Waals surface area contributed by atoms with Gasteiger partial charge in [0.25, 0.3) is 0 Å². The van der Waals surface area contributed by atoms with E-state index in [2.05, 4.69) is 11.4 Å².